The monoisotopic (exact) mass is 209 g/mol. The van der Waals surface area contributed by atoms with Gasteiger partial charge in [-0.15, -0.1) is 0 Å². The van der Waals surface area contributed by atoms with Gasteiger partial charge in [-0.05, 0) is 27.5 Å². The van der Waals surface area contributed by atoms with Gasteiger partial charge in [0, 0.05) is 6.04 Å². The highest BCUT2D eigenvalue weighted by atomic mass is 16.5. The van der Waals surface area contributed by atoms with Gasteiger partial charge >= 0.3 is 5.97 Å². The predicted octanol–water partition coefficient (Wildman–Crippen LogP) is 1.97. The van der Waals surface area contributed by atoms with Gasteiger partial charge in [-0.1, -0.05) is 0 Å². The summed E-state index contributed by atoms with van der Waals surface area (Å²) in [4.78, 5) is 15.3. The zero-order chi connectivity index (χ0) is 11.4. The minimum Gasteiger partial charge on any atom is -0.462 e. The van der Waals surface area contributed by atoms with Gasteiger partial charge in [0.15, 0.2) is 5.82 Å². The van der Waals surface area contributed by atoms with Crippen molar-refractivity contribution < 1.29 is 9.53 Å². The van der Waals surface area contributed by atoms with Crippen LogP contribution in [0.15, 0.2) is 11.2 Å². The molecule has 0 fully saturated rings. The topological polar surface area (TPSA) is 56.5 Å². The number of aliphatic imine (C=N–C) groups is 1. The van der Waals surface area contributed by atoms with Crippen LogP contribution in [0.2, 0.25) is 0 Å². The maximum Gasteiger partial charge on any atom is 0.343 e. The van der Waals surface area contributed by atoms with E-state index in [-0.39, 0.29) is 6.04 Å². The standard InChI is InChI=1S/C10H15N3O2/c1-5-15-10(14)8-6-12-13(7(2)3)9(8)11-4/h6-7H,4-5H2,1-3H3. The van der Waals surface area contributed by atoms with E-state index in [0.29, 0.717) is 18.0 Å². The van der Waals surface area contributed by atoms with Gasteiger partial charge in [0.25, 0.3) is 0 Å². The van der Waals surface area contributed by atoms with Crippen LogP contribution in [0.3, 0.4) is 0 Å². The van der Waals surface area contributed by atoms with Gasteiger partial charge < -0.3 is 4.74 Å². The molecule has 0 bridgehead atoms. The summed E-state index contributed by atoms with van der Waals surface area (Å²) >= 11 is 0. The van der Waals surface area contributed by atoms with Crippen LogP contribution in [-0.4, -0.2) is 29.1 Å². The van der Waals surface area contributed by atoms with Crippen LogP contribution in [0.5, 0.6) is 0 Å². The Balaban J connectivity index is 3.09. The fourth-order valence-corrected chi connectivity index (χ4v) is 1.24. The van der Waals surface area contributed by atoms with Crippen LogP contribution in [0.25, 0.3) is 0 Å². The highest BCUT2D eigenvalue weighted by Gasteiger charge is 2.18. The van der Waals surface area contributed by atoms with Crippen molar-refractivity contribution >= 4 is 18.5 Å². The molecule has 0 spiro atoms. The molecule has 0 unspecified atom stereocenters. The zero-order valence-electron chi connectivity index (χ0n) is 9.23. The molecule has 1 aromatic heterocycles. The summed E-state index contributed by atoms with van der Waals surface area (Å²) in [6.45, 7) is 9.43. The van der Waals surface area contributed by atoms with Crippen LogP contribution in [0, 0.1) is 0 Å². The number of carbonyl (C=O) groups is 1. The van der Waals surface area contributed by atoms with E-state index in [1.54, 1.807) is 11.6 Å². The molecule has 1 aromatic rings. The molecule has 5 heteroatoms. The maximum absolute atomic E-state index is 11.5. The van der Waals surface area contributed by atoms with E-state index in [2.05, 4.69) is 16.8 Å². The fourth-order valence-electron chi connectivity index (χ4n) is 1.24. The van der Waals surface area contributed by atoms with E-state index in [0.717, 1.165) is 0 Å². The summed E-state index contributed by atoms with van der Waals surface area (Å²) in [5, 5.41) is 4.07. The van der Waals surface area contributed by atoms with Crippen LogP contribution in [-0.2, 0) is 4.74 Å². The molecule has 1 heterocycles. The molecular weight excluding hydrogens is 194 g/mol. The average Bonchev–Trinajstić information content (AvgIpc) is 2.61. The van der Waals surface area contributed by atoms with Gasteiger partial charge in [-0.3, -0.25) is 0 Å². The molecule has 0 radical (unpaired) electrons. The third-order valence-corrected chi connectivity index (χ3v) is 1.90. The highest BCUT2D eigenvalue weighted by molar-refractivity contribution is 5.94. The third-order valence-electron chi connectivity index (χ3n) is 1.90. The Hall–Kier alpha value is -1.65. The van der Waals surface area contributed by atoms with Crippen LogP contribution in [0.4, 0.5) is 5.82 Å². The van der Waals surface area contributed by atoms with Gasteiger partial charge in [0.05, 0.1) is 12.8 Å². The minimum atomic E-state index is -0.410. The minimum absolute atomic E-state index is 0.133. The lowest BCUT2D eigenvalue weighted by molar-refractivity contribution is 0.0527. The van der Waals surface area contributed by atoms with Crippen molar-refractivity contribution in [1.29, 1.82) is 0 Å². The Morgan fingerprint density at radius 1 is 1.73 bits per heavy atom. The highest BCUT2D eigenvalue weighted by Crippen LogP contribution is 2.22. The maximum atomic E-state index is 11.5. The molecule has 15 heavy (non-hydrogen) atoms. The number of esters is 1. The van der Waals surface area contributed by atoms with E-state index >= 15 is 0 Å². The Morgan fingerprint density at radius 3 is 2.87 bits per heavy atom. The second kappa shape index (κ2) is 4.72. The van der Waals surface area contributed by atoms with E-state index < -0.39 is 5.97 Å². The lowest BCUT2D eigenvalue weighted by atomic mass is 10.3. The lowest BCUT2D eigenvalue weighted by Gasteiger charge is -2.07. The Labute approximate surface area is 88.8 Å². The predicted molar refractivity (Wildman–Crippen MR) is 57.8 cm³/mol. The molecule has 82 valence electrons. The Kier molecular flexibility index (Phi) is 3.60. The van der Waals surface area contributed by atoms with E-state index in [1.165, 1.54) is 6.20 Å². The SMILES string of the molecule is C=Nc1c(C(=O)OCC)cnn1C(C)C. The van der Waals surface area contributed by atoms with Crippen molar-refractivity contribution in [2.45, 2.75) is 26.8 Å². The average molecular weight is 209 g/mol. The van der Waals surface area contributed by atoms with Gasteiger partial charge in [0.1, 0.15) is 5.56 Å². The summed E-state index contributed by atoms with van der Waals surface area (Å²) < 4.78 is 6.52. The van der Waals surface area contributed by atoms with Gasteiger partial charge in [-0.25, -0.2) is 14.5 Å². The van der Waals surface area contributed by atoms with Gasteiger partial charge in [0.2, 0.25) is 0 Å². The number of nitrogens with zero attached hydrogens (tertiary/aromatic N) is 3. The van der Waals surface area contributed by atoms with E-state index in [9.17, 15) is 4.79 Å². The second-order valence-electron chi connectivity index (χ2n) is 3.30. The van der Waals surface area contributed by atoms with Crippen LogP contribution < -0.4 is 0 Å². The summed E-state index contributed by atoms with van der Waals surface area (Å²) in [5.41, 5.74) is 0.362. The largest absolute Gasteiger partial charge is 0.462 e. The lowest BCUT2D eigenvalue weighted by Crippen LogP contribution is -2.05. The molecule has 1 rings (SSSR count). The second-order valence-corrected chi connectivity index (χ2v) is 3.30. The fraction of sp³-hybridized carbons (Fsp3) is 0.500. The summed E-state index contributed by atoms with van der Waals surface area (Å²) in [7, 11) is 0. The molecule has 0 atom stereocenters. The van der Waals surface area contributed by atoms with Crippen molar-refractivity contribution in [1.82, 2.24) is 9.78 Å². The zero-order valence-corrected chi connectivity index (χ0v) is 9.23. The van der Waals surface area contributed by atoms with Crippen molar-refractivity contribution in [2.75, 3.05) is 6.61 Å². The molecule has 0 aliphatic carbocycles. The van der Waals surface area contributed by atoms with Crippen LogP contribution in [0.1, 0.15) is 37.2 Å². The molecule has 5 nitrogen and oxygen atoms in total. The first-order valence-electron chi connectivity index (χ1n) is 4.83. The smallest absolute Gasteiger partial charge is 0.343 e. The first-order valence-corrected chi connectivity index (χ1v) is 4.83. The van der Waals surface area contributed by atoms with Crippen LogP contribution >= 0.6 is 0 Å². The molecule has 0 aliphatic rings. The molecular formula is C10H15N3O2. The normalized spacial score (nSPS) is 10.4. The Bertz CT molecular complexity index is 369. The van der Waals surface area contributed by atoms with Crippen molar-refractivity contribution in [3.05, 3.63) is 11.8 Å². The van der Waals surface area contributed by atoms with E-state index in [1.807, 2.05) is 13.8 Å². The number of hydrogen-bond acceptors (Lipinski definition) is 4. The number of carbonyl (C=O) groups excluding carboxylic acids is 1. The number of aromatic nitrogens is 2. The van der Waals surface area contributed by atoms with Crippen molar-refractivity contribution in [2.24, 2.45) is 4.99 Å². The number of hydrogen-bond donors (Lipinski definition) is 0. The number of ether oxygens (including phenoxy) is 1. The first kappa shape index (κ1) is 11.4. The molecule has 0 amide bonds. The summed E-state index contributed by atoms with van der Waals surface area (Å²) in [6, 6.07) is 0.133. The first-order chi connectivity index (χ1) is 7.11. The van der Waals surface area contributed by atoms with Crippen molar-refractivity contribution in [3.8, 4) is 0 Å². The van der Waals surface area contributed by atoms with Gasteiger partial charge in [-0.2, -0.15) is 5.10 Å². The summed E-state index contributed by atoms with van der Waals surface area (Å²) in [6.07, 6.45) is 1.46. The Morgan fingerprint density at radius 2 is 2.40 bits per heavy atom. The molecule has 0 aliphatic heterocycles. The third kappa shape index (κ3) is 2.23. The quantitative estimate of drug-likeness (QED) is 0.562. The molecule has 0 N–H and O–H groups in total. The van der Waals surface area contributed by atoms with E-state index in [4.69, 9.17) is 4.74 Å². The van der Waals surface area contributed by atoms with Crippen molar-refractivity contribution in [3.63, 3.8) is 0 Å². The summed E-state index contributed by atoms with van der Waals surface area (Å²) in [5.74, 6) is 0.0512. The molecule has 0 saturated heterocycles. The molecule has 0 saturated carbocycles. The number of rotatable bonds is 4. The molecule has 0 aromatic carbocycles.